The van der Waals surface area contributed by atoms with Crippen molar-refractivity contribution in [2.75, 3.05) is 7.11 Å². The number of carbonyl (C=O) groups excluding carboxylic acids is 1. The predicted octanol–water partition coefficient (Wildman–Crippen LogP) is 1.85. The molecule has 0 aliphatic heterocycles. The molecule has 4 aromatic carbocycles. The van der Waals surface area contributed by atoms with Crippen LogP contribution < -0.4 is 29.6 Å². The molecule has 4 rings (SSSR count). The van der Waals surface area contributed by atoms with E-state index in [1.165, 1.54) is 0 Å². The Balaban J connectivity index is 0. The maximum atomic E-state index is 9.82. The number of benzene rings is 4. The number of carbonyl (C=O) groups is 1. The number of aliphatic hydroxyl groups excluding tert-OH is 3. The molecule has 0 unspecified atom stereocenters. The number of aliphatic hydroxyl groups is 3. The zero-order valence-corrected chi connectivity index (χ0v) is 28.3. The minimum Gasteiger partial charge on any atom is -0.870 e. The molecule has 234 valence electrons. The third kappa shape index (κ3) is 12.3. The molecular formula is C34H43NaO9. The van der Waals surface area contributed by atoms with E-state index in [1.807, 2.05) is 57.0 Å². The van der Waals surface area contributed by atoms with Gasteiger partial charge in [-0.05, 0) is 109 Å². The summed E-state index contributed by atoms with van der Waals surface area (Å²) < 4.78 is 0. The van der Waals surface area contributed by atoms with Crippen LogP contribution in [-0.4, -0.2) is 55.1 Å². The van der Waals surface area contributed by atoms with Gasteiger partial charge in [0.05, 0.1) is 13.2 Å². The molecule has 0 bridgehead atoms. The molecule has 44 heavy (non-hydrogen) atoms. The largest absolute Gasteiger partial charge is 1.00 e. The van der Waals surface area contributed by atoms with Crippen LogP contribution >= 0.6 is 0 Å². The first-order valence-electron chi connectivity index (χ1n) is 13.2. The molecule has 4 aromatic rings. The summed E-state index contributed by atoms with van der Waals surface area (Å²) >= 11 is 0. The van der Waals surface area contributed by atoms with Gasteiger partial charge in [-0.25, -0.2) is 0 Å². The van der Waals surface area contributed by atoms with Crippen LogP contribution in [0.1, 0.15) is 55.6 Å². The summed E-state index contributed by atoms with van der Waals surface area (Å²) in [6.07, 6.45) is 1.41. The fraction of sp³-hybridized carbons (Fsp3) is 0.265. The van der Waals surface area contributed by atoms with Gasteiger partial charge in [0.1, 0.15) is 29.8 Å². The first-order valence-corrected chi connectivity index (χ1v) is 13.2. The van der Waals surface area contributed by atoms with Gasteiger partial charge >= 0.3 is 29.6 Å². The van der Waals surface area contributed by atoms with E-state index >= 15 is 0 Å². The molecule has 8 N–H and O–H groups in total. The number of phenolic OH excluding ortho intramolecular Hbond substituents is 2. The van der Waals surface area contributed by atoms with E-state index < -0.39 is 0 Å². The van der Waals surface area contributed by atoms with Crippen LogP contribution in [0.4, 0.5) is 0 Å². The molecule has 0 saturated carbocycles. The number of rotatable bonds is 6. The van der Waals surface area contributed by atoms with Gasteiger partial charge in [0, 0.05) is 18.2 Å². The van der Waals surface area contributed by atoms with Gasteiger partial charge in [-0.1, -0.05) is 36.4 Å². The fourth-order valence-electron chi connectivity index (χ4n) is 4.44. The van der Waals surface area contributed by atoms with Crippen LogP contribution in [0.3, 0.4) is 0 Å². The first-order chi connectivity index (χ1) is 20.0. The summed E-state index contributed by atoms with van der Waals surface area (Å²) in [5, 5.41) is 64.1. The second kappa shape index (κ2) is 21.3. The minimum atomic E-state index is -0.211. The quantitative estimate of drug-likeness (QED) is 0.158. The Morgan fingerprint density at radius 2 is 0.818 bits per heavy atom. The van der Waals surface area contributed by atoms with E-state index in [9.17, 15) is 30.6 Å². The maximum Gasteiger partial charge on any atom is 1.00 e. The van der Waals surface area contributed by atoms with Gasteiger partial charge in [0.2, 0.25) is 0 Å². The van der Waals surface area contributed by atoms with Crippen molar-refractivity contribution >= 4 is 6.79 Å². The topological polar surface area (TPSA) is 189 Å². The third-order valence-corrected chi connectivity index (χ3v) is 6.56. The van der Waals surface area contributed by atoms with Crippen LogP contribution in [-0.2, 0) is 30.8 Å². The molecule has 9 nitrogen and oxygen atoms in total. The van der Waals surface area contributed by atoms with Gasteiger partial charge < -0.3 is 46.0 Å². The Morgan fingerprint density at radius 3 is 1.11 bits per heavy atom. The van der Waals surface area contributed by atoms with E-state index in [1.54, 1.807) is 38.1 Å². The third-order valence-electron chi connectivity index (χ3n) is 6.56. The number of aryl methyl sites for hydroxylation is 4. The van der Waals surface area contributed by atoms with Crippen molar-refractivity contribution in [2.24, 2.45) is 0 Å². The normalized spacial score (nSPS) is 9.45. The van der Waals surface area contributed by atoms with Crippen LogP contribution in [0.5, 0.6) is 23.0 Å². The summed E-state index contributed by atoms with van der Waals surface area (Å²) in [5.41, 5.74) is 8.45. The van der Waals surface area contributed by atoms with Crippen molar-refractivity contribution in [3.63, 3.8) is 0 Å². The molecular weight excluding hydrogens is 575 g/mol. The molecule has 0 spiro atoms. The minimum absolute atomic E-state index is 0. The molecule has 0 heterocycles. The van der Waals surface area contributed by atoms with E-state index in [2.05, 4.69) is 0 Å². The van der Waals surface area contributed by atoms with Gasteiger partial charge in [-0.3, -0.25) is 0 Å². The number of phenols is 4. The summed E-state index contributed by atoms with van der Waals surface area (Å²) in [6, 6.07) is 18.5. The second-order valence-corrected chi connectivity index (χ2v) is 9.75. The number of aromatic hydroxyl groups is 4. The first kappa shape index (κ1) is 42.7. The van der Waals surface area contributed by atoms with Gasteiger partial charge in [-0.2, -0.15) is 0 Å². The van der Waals surface area contributed by atoms with Crippen LogP contribution in [0.25, 0.3) is 0 Å². The maximum absolute atomic E-state index is 9.82. The molecule has 0 atom stereocenters. The van der Waals surface area contributed by atoms with E-state index in [4.69, 9.17) is 9.90 Å². The van der Waals surface area contributed by atoms with Gasteiger partial charge in [0.25, 0.3) is 0 Å². The molecule has 0 aliphatic rings. The molecule has 0 saturated heterocycles. The standard InChI is InChI=1S/C17H20O4.C15H16O2.CH4O.CH2O.Na.H2O/c1-10-3-12(6-14(8-18)16(10)20)5-13-4-11(2)17(21)15(7-13)9-19;1-10-7-12(3-5-14(10)16)9-13-4-6-15(17)11(2)8-13;2*1-2;;/h3-4,6-7,18-21H,5,8-9H2,1-2H3;3-8,16-17H,9H2,1-2H3;2H,1H3;1H2;;1H2/q;;;;+1;/p-1. The van der Waals surface area contributed by atoms with Crippen molar-refractivity contribution in [2.45, 2.75) is 53.8 Å². The van der Waals surface area contributed by atoms with Crippen molar-refractivity contribution < 1.29 is 75.6 Å². The van der Waals surface area contributed by atoms with Gasteiger partial charge in [0.15, 0.2) is 0 Å². The Hall–Kier alpha value is -3.41. The molecule has 10 heteroatoms. The van der Waals surface area contributed by atoms with Crippen molar-refractivity contribution in [1.29, 1.82) is 0 Å². The summed E-state index contributed by atoms with van der Waals surface area (Å²) in [6.45, 7) is 8.94. The monoisotopic (exact) mass is 618 g/mol. The SMILES string of the molecule is C=O.CO.Cc1cc(Cc2cc(C)c(O)c(CO)c2)cc(CO)c1O.Cc1cc(Cc2ccc(O)c(C)c2)ccc1O.[Na+].[OH-]. The molecule has 0 fully saturated rings. The van der Waals surface area contributed by atoms with Gasteiger partial charge in [-0.15, -0.1) is 0 Å². The average Bonchev–Trinajstić information content (AvgIpc) is 2.99. The Bertz CT molecular complexity index is 1350. The number of hydrogen-bond acceptors (Lipinski definition) is 9. The molecule has 0 aromatic heterocycles. The van der Waals surface area contributed by atoms with Crippen LogP contribution in [0.2, 0.25) is 0 Å². The van der Waals surface area contributed by atoms with Crippen molar-refractivity contribution in [3.05, 3.63) is 116 Å². The molecule has 0 aliphatic carbocycles. The Kier molecular flexibility index (Phi) is 20.7. The van der Waals surface area contributed by atoms with Crippen molar-refractivity contribution in [1.82, 2.24) is 0 Å². The van der Waals surface area contributed by atoms with Crippen LogP contribution in [0, 0.1) is 27.7 Å². The average molecular weight is 619 g/mol. The summed E-state index contributed by atoms with van der Waals surface area (Å²) in [7, 11) is 1.00. The molecule has 0 radical (unpaired) electrons. The predicted molar refractivity (Wildman–Crippen MR) is 166 cm³/mol. The summed E-state index contributed by atoms with van der Waals surface area (Å²) in [5.74, 6) is 0.907. The van der Waals surface area contributed by atoms with E-state index in [-0.39, 0.29) is 59.7 Å². The van der Waals surface area contributed by atoms with E-state index in [0.29, 0.717) is 29.0 Å². The van der Waals surface area contributed by atoms with Crippen molar-refractivity contribution in [3.8, 4) is 23.0 Å². The zero-order chi connectivity index (χ0) is 32.0. The van der Waals surface area contributed by atoms with E-state index in [0.717, 1.165) is 58.0 Å². The Labute approximate surface area is 281 Å². The Morgan fingerprint density at radius 1 is 0.523 bits per heavy atom. The second-order valence-electron chi connectivity index (χ2n) is 9.75. The fourth-order valence-corrected chi connectivity index (χ4v) is 4.44. The smallest absolute Gasteiger partial charge is 0.870 e. The number of hydrogen-bond donors (Lipinski definition) is 7. The van der Waals surface area contributed by atoms with Crippen LogP contribution in [0.15, 0.2) is 60.7 Å². The zero-order valence-electron chi connectivity index (χ0n) is 26.3. The molecule has 0 amide bonds. The summed E-state index contributed by atoms with van der Waals surface area (Å²) in [4.78, 5) is 8.00.